The smallest absolute Gasteiger partial charge is 0.308 e. The molecule has 1 aromatic heterocycles. The Morgan fingerprint density at radius 2 is 1.78 bits per heavy atom. The fourth-order valence-corrected chi connectivity index (χ4v) is 4.91. The molecule has 36 heavy (non-hydrogen) atoms. The van der Waals surface area contributed by atoms with Crippen molar-refractivity contribution in [1.29, 1.82) is 0 Å². The average molecular weight is 518 g/mol. The molecule has 2 N–H and O–H groups in total. The predicted octanol–water partition coefficient (Wildman–Crippen LogP) is 6.05. The van der Waals surface area contributed by atoms with Crippen molar-refractivity contribution >= 4 is 33.3 Å². The van der Waals surface area contributed by atoms with Gasteiger partial charge in [-0.3, -0.25) is 9.59 Å². The van der Waals surface area contributed by atoms with E-state index >= 15 is 0 Å². The number of rotatable bonds is 0. The number of carbonyl (C=O) groups excluding carboxylic acids is 2. The number of esters is 1. The molecule has 1 aliphatic rings. The summed E-state index contributed by atoms with van der Waals surface area (Å²) in [6, 6.07) is 8.19. The third-order valence-corrected chi connectivity index (χ3v) is 7.15. The Bertz CT molecular complexity index is 991. The van der Waals surface area contributed by atoms with Crippen LogP contribution in [-0.2, 0) is 14.3 Å². The quantitative estimate of drug-likeness (QED) is 0.413. The normalized spacial score (nSPS) is 25.8. The van der Waals surface area contributed by atoms with Gasteiger partial charge in [-0.25, -0.2) is 4.98 Å². The van der Waals surface area contributed by atoms with Gasteiger partial charge in [-0.2, -0.15) is 0 Å². The summed E-state index contributed by atoms with van der Waals surface area (Å²) in [7, 11) is 1.00. The van der Waals surface area contributed by atoms with Crippen LogP contribution in [0.5, 0.6) is 0 Å². The number of aliphatic hydroxyl groups excluding tert-OH is 2. The highest BCUT2D eigenvalue weighted by Crippen LogP contribution is 2.31. The number of Topliss-reactive ketones (excluding diaryl/α,β-unsaturated/α-hetero) is 1. The molecule has 0 spiro atoms. The first-order valence-electron chi connectivity index (χ1n) is 12.5. The maximum Gasteiger partial charge on any atom is 0.308 e. The molecule has 1 aliphatic heterocycles. The van der Waals surface area contributed by atoms with Gasteiger partial charge in [0.15, 0.2) is 0 Å². The van der Waals surface area contributed by atoms with Crippen molar-refractivity contribution in [3.05, 3.63) is 53.1 Å². The van der Waals surface area contributed by atoms with Crippen LogP contribution in [0.4, 0.5) is 0 Å². The van der Waals surface area contributed by atoms with Crippen LogP contribution in [0.25, 0.3) is 10.2 Å². The maximum atomic E-state index is 12.7. The lowest BCUT2D eigenvalue weighted by Crippen LogP contribution is -2.42. The summed E-state index contributed by atoms with van der Waals surface area (Å²) < 4.78 is 6.43. The highest BCUT2D eigenvalue weighted by Gasteiger charge is 2.39. The van der Waals surface area contributed by atoms with Gasteiger partial charge in [0, 0.05) is 19.4 Å². The summed E-state index contributed by atoms with van der Waals surface area (Å²) in [6.07, 6.45) is 7.40. The number of benzene rings is 1. The van der Waals surface area contributed by atoms with E-state index in [1.165, 1.54) is 4.70 Å². The molecule has 0 bridgehead atoms. The number of carbonyl (C=O) groups is 2. The molecular weight excluding hydrogens is 474 g/mol. The monoisotopic (exact) mass is 517 g/mol. The van der Waals surface area contributed by atoms with Crippen molar-refractivity contribution < 1.29 is 24.5 Å². The highest BCUT2D eigenvalue weighted by molar-refractivity contribution is 7.18. The van der Waals surface area contributed by atoms with Crippen molar-refractivity contribution in [3.63, 3.8) is 0 Å². The van der Waals surface area contributed by atoms with Gasteiger partial charge in [-0.05, 0) is 44.7 Å². The van der Waals surface area contributed by atoms with Gasteiger partial charge < -0.3 is 14.9 Å². The molecule has 2 heterocycles. The lowest BCUT2D eigenvalue weighted by molar-refractivity contribution is -0.150. The number of hydrogen-bond donors (Lipinski definition) is 2. The van der Waals surface area contributed by atoms with Crippen LogP contribution in [0.2, 0.25) is 0 Å². The van der Waals surface area contributed by atoms with Gasteiger partial charge in [-0.1, -0.05) is 63.6 Å². The Morgan fingerprint density at radius 1 is 1.11 bits per heavy atom. The van der Waals surface area contributed by atoms with E-state index in [0.717, 1.165) is 36.0 Å². The molecular formula is C29H43NO5S. The van der Waals surface area contributed by atoms with Crippen LogP contribution in [0, 0.1) is 24.2 Å². The van der Waals surface area contributed by atoms with Gasteiger partial charge in [0.1, 0.15) is 5.78 Å². The number of hydrogen-bond acceptors (Lipinski definition) is 7. The van der Waals surface area contributed by atoms with Crippen LogP contribution in [0.3, 0.4) is 0 Å². The van der Waals surface area contributed by atoms with E-state index in [-0.39, 0.29) is 24.7 Å². The van der Waals surface area contributed by atoms with Gasteiger partial charge >= 0.3 is 5.97 Å². The molecule has 3 atom stereocenters. The van der Waals surface area contributed by atoms with Crippen LogP contribution < -0.4 is 0 Å². The van der Waals surface area contributed by atoms with Gasteiger partial charge in [-0.15, -0.1) is 11.3 Å². The van der Waals surface area contributed by atoms with E-state index in [4.69, 9.17) is 9.84 Å². The molecule has 200 valence electrons. The Balaban J connectivity index is 0.000000441. The zero-order chi connectivity index (χ0) is 27.3. The summed E-state index contributed by atoms with van der Waals surface area (Å²) in [4.78, 5) is 28.9. The zero-order valence-electron chi connectivity index (χ0n) is 22.8. The summed E-state index contributed by atoms with van der Waals surface area (Å²) in [6.45, 7) is 11.8. The van der Waals surface area contributed by atoms with Crippen molar-refractivity contribution in [2.24, 2.45) is 17.3 Å². The maximum absolute atomic E-state index is 12.7. The second-order valence-corrected chi connectivity index (χ2v) is 11.1. The van der Waals surface area contributed by atoms with E-state index < -0.39 is 17.5 Å². The number of aryl methyl sites for hydroxylation is 1. The van der Waals surface area contributed by atoms with E-state index in [1.54, 1.807) is 25.2 Å². The summed E-state index contributed by atoms with van der Waals surface area (Å²) in [5, 5.41) is 18.5. The fraction of sp³-hybridized carbons (Fsp3) is 0.552. The number of fused-ring (bicyclic) bond motifs is 1. The van der Waals surface area contributed by atoms with Crippen LogP contribution in [-0.4, -0.2) is 46.8 Å². The lowest BCUT2D eigenvalue weighted by atomic mass is 9.74. The first kappa shape index (κ1) is 31.7. The first-order valence-corrected chi connectivity index (χ1v) is 13.3. The van der Waals surface area contributed by atoms with Crippen molar-refractivity contribution in [2.75, 3.05) is 13.7 Å². The second-order valence-electron chi connectivity index (χ2n) is 9.84. The number of ether oxygens (including phenoxy) is 1. The Hall–Kier alpha value is -2.35. The van der Waals surface area contributed by atoms with E-state index in [1.807, 2.05) is 45.0 Å². The van der Waals surface area contributed by atoms with Crippen molar-refractivity contribution in [3.8, 4) is 0 Å². The summed E-state index contributed by atoms with van der Waals surface area (Å²) >= 11 is 1.74. The van der Waals surface area contributed by atoms with Gasteiger partial charge in [0.25, 0.3) is 0 Å². The molecule has 3 rings (SSSR count). The SMILES string of the molecule is CC1=C/CCOC(=O)CC(O)C(C)(C)C(=O)C(C)CC(C)C\C=C\1.CO.Cc1nc2ccccc2s1. The number of cyclic esters (lactones) is 1. The minimum atomic E-state index is -1.03. The molecule has 1 aromatic carbocycles. The molecule has 6 nitrogen and oxygen atoms in total. The molecule has 0 amide bonds. The topological polar surface area (TPSA) is 96.7 Å². The Labute approximate surface area is 220 Å². The average Bonchev–Trinajstić information content (AvgIpc) is 3.22. The minimum absolute atomic E-state index is 0.00167. The third-order valence-electron chi connectivity index (χ3n) is 6.20. The van der Waals surface area contributed by atoms with Crippen LogP contribution >= 0.6 is 11.3 Å². The second kappa shape index (κ2) is 15.7. The molecule has 3 unspecified atom stereocenters. The number of aliphatic hydroxyl groups is 2. The zero-order valence-corrected chi connectivity index (χ0v) is 23.6. The Kier molecular flexibility index (Phi) is 13.8. The van der Waals surface area contributed by atoms with Crippen LogP contribution in [0.15, 0.2) is 48.1 Å². The van der Waals surface area contributed by atoms with Crippen molar-refractivity contribution in [2.45, 2.75) is 73.3 Å². The summed E-state index contributed by atoms with van der Waals surface area (Å²) in [5.41, 5.74) is 1.29. The van der Waals surface area contributed by atoms with Gasteiger partial charge in [0.05, 0.1) is 39.8 Å². The number of para-hydroxylation sites is 1. The van der Waals surface area contributed by atoms with Crippen LogP contribution in [0.1, 0.15) is 65.3 Å². The number of allylic oxidation sites excluding steroid dienone is 3. The number of nitrogens with zero attached hydrogens (tertiary/aromatic N) is 1. The van der Waals surface area contributed by atoms with E-state index in [2.05, 4.69) is 30.1 Å². The van der Waals surface area contributed by atoms with E-state index in [9.17, 15) is 14.7 Å². The van der Waals surface area contributed by atoms with Crippen molar-refractivity contribution in [1.82, 2.24) is 4.98 Å². The number of thiazole rings is 1. The molecule has 0 saturated heterocycles. The standard InChI is InChI=1S/C20H32O4.C8H7NS.CH4O/c1-14-8-6-9-15(2)12-16(3)19(23)20(4,5)17(21)13-18(22)24-11-7-10-14;1-6-9-7-4-2-3-5-8(7)10-6;1-2/h6,8,10,15-17,21H,7,9,11-13H2,1-5H3;2-5H,1H3;2H,1H3/b8-6+,14-10-;;. The van der Waals surface area contributed by atoms with Gasteiger partial charge in [0.2, 0.25) is 0 Å². The largest absolute Gasteiger partial charge is 0.465 e. The molecule has 0 fully saturated rings. The highest BCUT2D eigenvalue weighted by atomic mass is 32.1. The first-order chi connectivity index (χ1) is 17.0. The Morgan fingerprint density at radius 3 is 2.44 bits per heavy atom. The molecule has 0 saturated carbocycles. The fourth-order valence-electron chi connectivity index (χ4n) is 4.08. The predicted molar refractivity (Wildman–Crippen MR) is 148 cm³/mol. The third kappa shape index (κ3) is 10.3. The van der Waals surface area contributed by atoms with E-state index in [0.29, 0.717) is 12.3 Å². The summed E-state index contributed by atoms with van der Waals surface area (Å²) in [5.74, 6) is -0.225. The molecule has 0 aliphatic carbocycles. The molecule has 0 radical (unpaired) electrons. The minimum Gasteiger partial charge on any atom is -0.465 e. The lowest BCUT2D eigenvalue weighted by Gasteiger charge is -2.32. The number of ketones is 1. The molecule has 2 aromatic rings. The molecule has 7 heteroatoms. The number of aromatic nitrogens is 1.